The van der Waals surface area contributed by atoms with Gasteiger partial charge in [0.15, 0.2) is 0 Å². The second-order valence-electron chi connectivity index (χ2n) is 4.79. The number of nitrogens with two attached hydrogens (primary N) is 1. The molecule has 0 aliphatic carbocycles. The van der Waals surface area contributed by atoms with E-state index in [9.17, 15) is 0 Å². The normalized spacial score (nSPS) is 19.3. The van der Waals surface area contributed by atoms with Crippen molar-refractivity contribution in [1.29, 1.82) is 0 Å². The first-order chi connectivity index (χ1) is 8.81. The zero-order valence-corrected chi connectivity index (χ0v) is 12.3. The molecule has 1 saturated heterocycles. The first-order valence-corrected chi connectivity index (χ1v) is 7.17. The largest absolute Gasteiger partial charge is 0.326 e. The Hall–Kier alpha value is -0.940. The molecule has 2 N–H and O–H groups in total. The van der Waals surface area contributed by atoms with E-state index in [0.717, 1.165) is 36.8 Å². The molecule has 0 amide bonds. The van der Waals surface area contributed by atoms with Crippen LogP contribution in [0.2, 0.25) is 0 Å². The van der Waals surface area contributed by atoms with Crippen molar-refractivity contribution < 1.29 is 0 Å². The quantitative estimate of drug-likeness (QED) is 0.947. The summed E-state index contributed by atoms with van der Waals surface area (Å²) in [6.45, 7) is 3.02. The minimum Gasteiger partial charge on any atom is -0.326 e. The van der Waals surface area contributed by atoms with Crippen LogP contribution < -0.4 is 5.73 Å². The highest BCUT2D eigenvalue weighted by atomic mass is 35.5. The van der Waals surface area contributed by atoms with Gasteiger partial charge in [0.05, 0.1) is 5.69 Å². The number of benzene rings is 1. The third-order valence-corrected chi connectivity index (χ3v) is 4.21. The summed E-state index contributed by atoms with van der Waals surface area (Å²) in [7, 11) is 0. The Labute approximate surface area is 123 Å². The molecule has 0 bridgehead atoms. The van der Waals surface area contributed by atoms with Crippen LogP contribution in [0.3, 0.4) is 0 Å². The molecule has 5 heteroatoms. The van der Waals surface area contributed by atoms with Crippen molar-refractivity contribution in [1.82, 2.24) is 9.88 Å². The van der Waals surface area contributed by atoms with E-state index >= 15 is 0 Å². The van der Waals surface area contributed by atoms with Crippen molar-refractivity contribution in [2.45, 2.75) is 19.0 Å². The maximum Gasteiger partial charge on any atom is 0.123 e. The van der Waals surface area contributed by atoms with Crippen molar-refractivity contribution in [3.05, 3.63) is 41.4 Å². The fourth-order valence-electron chi connectivity index (χ4n) is 2.33. The van der Waals surface area contributed by atoms with Crippen LogP contribution in [0.5, 0.6) is 0 Å². The minimum atomic E-state index is 0. The van der Waals surface area contributed by atoms with Gasteiger partial charge in [0.25, 0.3) is 0 Å². The number of rotatable bonds is 3. The SMILES string of the molecule is Cl.N[C@H]1CCN(Cc2csc(-c3ccccc3)n2)C1. The van der Waals surface area contributed by atoms with Gasteiger partial charge in [-0.3, -0.25) is 4.90 Å². The van der Waals surface area contributed by atoms with Gasteiger partial charge in [-0.05, 0) is 6.42 Å². The van der Waals surface area contributed by atoms with Gasteiger partial charge in [-0.15, -0.1) is 23.7 Å². The third kappa shape index (κ3) is 3.54. The number of nitrogens with zero attached hydrogens (tertiary/aromatic N) is 2. The lowest BCUT2D eigenvalue weighted by atomic mass is 10.2. The van der Waals surface area contributed by atoms with E-state index < -0.39 is 0 Å². The van der Waals surface area contributed by atoms with Gasteiger partial charge in [0.2, 0.25) is 0 Å². The average Bonchev–Trinajstić information content (AvgIpc) is 3.01. The molecular formula is C14H18ClN3S. The summed E-state index contributed by atoms with van der Waals surface area (Å²) in [6, 6.07) is 10.7. The smallest absolute Gasteiger partial charge is 0.123 e. The van der Waals surface area contributed by atoms with Crippen molar-refractivity contribution in [2.75, 3.05) is 13.1 Å². The van der Waals surface area contributed by atoms with Gasteiger partial charge in [-0.25, -0.2) is 4.98 Å². The van der Waals surface area contributed by atoms with Crippen molar-refractivity contribution >= 4 is 23.7 Å². The van der Waals surface area contributed by atoms with Crippen LogP contribution in [0, 0.1) is 0 Å². The molecule has 3 rings (SSSR count). The van der Waals surface area contributed by atoms with Crippen molar-refractivity contribution in [3.8, 4) is 10.6 Å². The predicted molar refractivity (Wildman–Crippen MR) is 82.7 cm³/mol. The summed E-state index contributed by atoms with van der Waals surface area (Å²) >= 11 is 1.72. The van der Waals surface area contributed by atoms with Gasteiger partial charge < -0.3 is 5.73 Å². The number of likely N-dealkylation sites (tertiary alicyclic amines) is 1. The molecule has 3 nitrogen and oxygen atoms in total. The predicted octanol–water partition coefficient (Wildman–Crippen LogP) is 2.76. The zero-order chi connectivity index (χ0) is 12.4. The van der Waals surface area contributed by atoms with Gasteiger partial charge >= 0.3 is 0 Å². The molecule has 1 aromatic heterocycles. The lowest BCUT2D eigenvalue weighted by Crippen LogP contribution is -2.26. The summed E-state index contributed by atoms with van der Waals surface area (Å²) in [5.41, 5.74) is 8.28. The summed E-state index contributed by atoms with van der Waals surface area (Å²) < 4.78 is 0. The first-order valence-electron chi connectivity index (χ1n) is 6.29. The van der Waals surface area contributed by atoms with E-state index in [2.05, 4.69) is 34.5 Å². The van der Waals surface area contributed by atoms with E-state index in [-0.39, 0.29) is 12.4 Å². The first kappa shape index (κ1) is 14.5. The highest BCUT2D eigenvalue weighted by molar-refractivity contribution is 7.13. The molecule has 2 heterocycles. The van der Waals surface area contributed by atoms with E-state index in [4.69, 9.17) is 10.7 Å². The van der Waals surface area contributed by atoms with Gasteiger partial charge in [-0.2, -0.15) is 0 Å². The number of halogens is 1. The number of thiazole rings is 1. The van der Waals surface area contributed by atoms with Crippen LogP contribution in [-0.2, 0) is 6.54 Å². The molecule has 19 heavy (non-hydrogen) atoms. The molecule has 0 saturated carbocycles. The monoisotopic (exact) mass is 295 g/mol. The summed E-state index contributed by atoms with van der Waals surface area (Å²) in [5, 5.41) is 3.26. The number of hydrogen-bond acceptors (Lipinski definition) is 4. The van der Waals surface area contributed by atoms with Gasteiger partial charge in [0.1, 0.15) is 5.01 Å². The number of hydrogen-bond donors (Lipinski definition) is 1. The maximum absolute atomic E-state index is 5.92. The lowest BCUT2D eigenvalue weighted by molar-refractivity contribution is 0.323. The standard InChI is InChI=1S/C14H17N3S.ClH/c15-12-6-7-17(8-12)9-13-10-18-14(16-13)11-4-2-1-3-5-11;/h1-5,10,12H,6-9,15H2;1H/t12-;/m0./s1. The van der Waals surface area contributed by atoms with Gasteiger partial charge in [-0.1, -0.05) is 30.3 Å². The Morgan fingerprint density at radius 2 is 2.11 bits per heavy atom. The fourth-order valence-corrected chi connectivity index (χ4v) is 3.15. The van der Waals surface area contributed by atoms with Crippen LogP contribution >= 0.6 is 23.7 Å². The molecule has 1 aliphatic heterocycles. The third-order valence-electron chi connectivity index (χ3n) is 3.27. The lowest BCUT2D eigenvalue weighted by Gasteiger charge is -2.12. The molecule has 0 unspecified atom stereocenters. The molecule has 1 atom stereocenters. The molecule has 102 valence electrons. The maximum atomic E-state index is 5.92. The van der Waals surface area contributed by atoms with Crippen LogP contribution in [0.25, 0.3) is 10.6 Å². The number of aromatic nitrogens is 1. The minimum absolute atomic E-state index is 0. The highest BCUT2D eigenvalue weighted by Crippen LogP contribution is 2.24. The van der Waals surface area contributed by atoms with Crippen molar-refractivity contribution in [2.24, 2.45) is 5.73 Å². The van der Waals surface area contributed by atoms with Crippen molar-refractivity contribution in [3.63, 3.8) is 0 Å². The summed E-state index contributed by atoms with van der Waals surface area (Å²) in [4.78, 5) is 7.09. The molecule has 1 aliphatic rings. The molecule has 0 spiro atoms. The van der Waals surface area contributed by atoms with E-state index in [1.807, 2.05) is 6.07 Å². The fraction of sp³-hybridized carbons (Fsp3) is 0.357. The Bertz CT molecular complexity index is 514. The highest BCUT2D eigenvalue weighted by Gasteiger charge is 2.19. The Kier molecular flexibility index (Phi) is 4.93. The Morgan fingerprint density at radius 1 is 1.32 bits per heavy atom. The van der Waals surface area contributed by atoms with E-state index in [1.54, 1.807) is 11.3 Å². The molecular weight excluding hydrogens is 278 g/mol. The molecule has 0 radical (unpaired) electrons. The summed E-state index contributed by atoms with van der Waals surface area (Å²) in [5.74, 6) is 0. The van der Waals surface area contributed by atoms with Crippen LogP contribution in [0.15, 0.2) is 35.7 Å². The topological polar surface area (TPSA) is 42.1 Å². The van der Waals surface area contributed by atoms with Gasteiger partial charge in [0, 0.05) is 36.6 Å². The second kappa shape index (κ2) is 6.48. The molecule has 2 aromatic rings. The van der Waals surface area contributed by atoms with E-state index in [0.29, 0.717) is 6.04 Å². The Balaban J connectivity index is 0.00000133. The molecule has 1 fully saturated rings. The van der Waals surface area contributed by atoms with Crippen LogP contribution in [-0.4, -0.2) is 29.0 Å². The second-order valence-corrected chi connectivity index (χ2v) is 5.65. The Morgan fingerprint density at radius 3 is 2.79 bits per heavy atom. The zero-order valence-electron chi connectivity index (χ0n) is 10.7. The van der Waals surface area contributed by atoms with Crippen LogP contribution in [0.4, 0.5) is 0 Å². The summed E-state index contributed by atoms with van der Waals surface area (Å²) in [6.07, 6.45) is 1.11. The van der Waals surface area contributed by atoms with Crippen LogP contribution in [0.1, 0.15) is 12.1 Å². The molecule has 1 aromatic carbocycles. The average molecular weight is 296 g/mol. The van der Waals surface area contributed by atoms with E-state index in [1.165, 1.54) is 5.56 Å².